The number of hydrogen-bond donors (Lipinski definition) is 2. The van der Waals surface area contributed by atoms with Crippen LogP contribution >= 0.6 is 0 Å². The van der Waals surface area contributed by atoms with E-state index in [2.05, 4.69) is 15.3 Å². The van der Waals surface area contributed by atoms with Gasteiger partial charge >= 0.3 is 5.97 Å². The summed E-state index contributed by atoms with van der Waals surface area (Å²) < 4.78 is 0. The van der Waals surface area contributed by atoms with Gasteiger partial charge in [0.25, 0.3) is 5.91 Å². The predicted octanol–water partition coefficient (Wildman–Crippen LogP) is -0.401. The summed E-state index contributed by atoms with van der Waals surface area (Å²) in [5.41, 5.74) is 0.166. The number of aryl methyl sites for hydroxylation is 1. The van der Waals surface area contributed by atoms with Crippen molar-refractivity contribution in [1.82, 2.24) is 15.3 Å². The maximum absolute atomic E-state index is 11.2. The SMILES string of the molecule is Cc1nccc(C(=O)NCC(=O)O)n1. The van der Waals surface area contributed by atoms with Gasteiger partial charge in [0.2, 0.25) is 0 Å². The molecule has 1 heterocycles. The molecule has 6 nitrogen and oxygen atoms in total. The first-order chi connectivity index (χ1) is 6.59. The number of carboxylic acids is 1. The fraction of sp³-hybridized carbons (Fsp3) is 0.250. The molecule has 74 valence electrons. The Morgan fingerprint density at radius 1 is 1.57 bits per heavy atom. The summed E-state index contributed by atoms with van der Waals surface area (Å²) in [5.74, 6) is -1.14. The highest BCUT2D eigenvalue weighted by Crippen LogP contribution is 1.93. The Morgan fingerprint density at radius 2 is 2.29 bits per heavy atom. The van der Waals surface area contributed by atoms with Crippen LogP contribution in [-0.2, 0) is 4.79 Å². The van der Waals surface area contributed by atoms with Crippen molar-refractivity contribution in [1.29, 1.82) is 0 Å². The molecule has 1 amide bonds. The molecule has 0 aromatic carbocycles. The highest BCUT2D eigenvalue weighted by atomic mass is 16.4. The van der Waals surface area contributed by atoms with Crippen LogP contribution in [-0.4, -0.2) is 33.5 Å². The fourth-order valence-electron chi connectivity index (χ4n) is 0.829. The van der Waals surface area contributed by atoms with E-state index in [4.69, 9.17) is 5.11 Å². The molecule has 6 heteroatoms. The van der Waals surface area contributed by atoms with E-state index in [1.54, 1.807) is 6.92 Å². The minimum absolute atomic E-state index is 0.166. The van der Waals surface area contributed by atoms with Crippen LogP contribution in [0.4, 0.5) is 0 Å². The topological polar surface area (TPSA) is 92.2 Å². The molecule has 0 aliphatic heterocycles. The fourth-order valence-corrected chi connectivity index (χ4v) is 0.829. The van der Waals surface area contributed by atoms with E-state index >= 15 is 0 Å². The number of rotatable bonds is 3. The number of carboxylic acid groups (broad SMARTS) is 1. The summed E-state index contributed by atoms with van der Waals surface area (Å²) >= 11 is 0. The third-order valence-corrected chi connectivity index (χ3v) is 1.41. The van der Waals surface area contributed by atoms with Gasteiger partial charge in [0.15, 0.2) is 0 Å². The van der Waals surface area contributed by atoms with E-state index in [9.17, 15) is 9.59 Å². The molecule has 2 N–H and O–H groups in total. The molecule has 0 spiro atoms. The summed E-state index contributed by atoms with van der Waals surface area (Å²) in [6.45, 7) is 1.23. The van der Waals surface area contributed by atoms with Gasteiger partial charge in [-0.25, -0.2) is 9.97 Å². The van der Waals surface area contributed by atoms with Gasteiger partial charge in [0, 0.05) is 6.20 Å². The summed E-state index contributed by atoms with van der Waals surface area (Å²) in [6, 6.07) is 1.42. The van der Waals surface area contributed by atoms with Crippen LogP contribution in [0.25, 0.3) is 0 Å². The molecule has 0 saturated carbocycles. The average Bonchev–Trinajstić information content (AvgIpc) is 2.14. The Bertz CT molecular complexity index is 365. The first-order valence-electron chi connectivity index (χ1n) is 3.89. The van der Waals surface area contributed by atoms with Gasteiger partial charge in [0.05, 0.1) is 0 Å². The van der Waals surface area contributed by atoms with Gasteiger partial charge in [-0.2, -0.15) is 0 Å². The Balaban J connectivity index is 2.65. The van der Waals surface area contributed by atoms with Crippen molar-refractivity contribution < 1.29 is 14.7 Å². The normalized spacial score (nSPS) is 9.50. The Morgan fingerprint density at radius 3 is 2.86 bits per heavy atom. The van der Waals surface area contributed by atoms with Gasteiger partial charge in [-0.1, -0.05) is 0 Å². The number of carbonyl (C=O) groups excluding carboxylic acids is 1. The highest BCUT2D eigenvalue weighted by molar-refractivity contribution is 5.93. The molecule has 0 bridgehead atoms. The van der Waals surface area contributed by atoms with Gasteiger partial charge in [0.1, 0.15) is 18.1 Å². The smallest absolute Gasteiger partial charge is 0.322 e. The first kappa shape index (κ1) is 10.1. The lowest BCUT2D eigenvalue weighted by Gasteiger charge is -2.01. The average molecular weight is 195 g/mol. The van der Waals surface area contributed by atoms with Crippen molar-refractivity contribution >= 4 is 11.9 Å². The van der Waals surface area contributed by atoms with Crippen molar-refractivity contribution in [3.8, 4) is 0 Å². The van der Waals surface area contributed by atoms with E-state index in [1.165, 1.54) is 12.3 Å². The van der Waals surface area contributed by atoms with Crippen LogP contribution in [0.2, 0.25) is 0 Å². The second-order valence-corrected chi connectivity index (χ2v) is 2.57. The number of carbonyl (C=O) groups is 2. The summed E-state index contributed by atoms with van der Waals surface area (Å²) in [6.07, 6.45) is 1.44. The monoisotopic (exact) mass is 195 g/mol. The summed E-state index contributed by atoms with van der Waals surface area (Å²) in [4.78, 5) is 29.0. The van der Waals surface area contributed by atoms with Crippen molar-refractivity contribution in [2.45, 2.75) is 6.92 Å². The Kier molecular flexibility index (Phi) is 3.11. The van der Waals surface area contributed by atoms with E-state index in [0.29, 0.717) is 5.82 Å². The lowest BCUT2D eigenvalue weighted by Crippen LogP contribution is -2.30. The van der Waals surface area contributed by atoms with Crippen molar-refractivity contribution in [3.63, 3.8) is 0 Å². The minimum Gasteiger partial charge on any atom is -0.480 e. The van der Waals surface area contributed by atoms with E-state index in [1.807, 2.05) is 0 Å². The van der Waals surface area contributed by atoms with Gasteiger partial charge < -0.3 is 10.4 Å². The number of nitrogens with one attached hydrogen (secondary N) is 1. The summed E-state index contributed by atoms with van der Waals surface area (Å²) in [5, 5.41) is 10.5. The second kappa shape index (κ2) is 4.31. The molecule has 0 atom stereocenters. The van der Waals surface area contributed by atoms with Crippen molar-refractivity contribution in [2.75, 3.05) is 6.54 Å². The van der Waals surface area contributed by atoms with Crippen LogP contribution in [0, 0.1) is 6.92 Å². The van der Waals surface area contributed by atoms with Crippen LogP contribution in [0.15, 0.2) is 12.3 Å². The zero-order valence-corrected chi connectivity index (χ0v) is 7.52. The van der Waals surface area contributed by atoms with Crippen LogP contribution < -0.4 is 5.32 Å². The van der Waals surface area contributed by atoms with Crippen LogP contribution in [0.1, 0.15) is 16.3 Å². The predicted molar refractivity (Wildman–Crippen MR) is 46.7 cm³/mol. The van der Waals surface area contributed by atoms with Gasteiger partial charge in [-0.3, -0.25) is 9.59 Å². The van der Waals surface area contributed by atoms with E-state index in [0.717, 1.165) is 0 Å². The molecule has 1 aromatic heterocycles. The zero-order valence-electron chi connectivity index (χ0n) is 7.52. The quantitative estimate of drug-likeness (QED) is 0.684. The van der Waals surface area contributed by atoms with Gasteiger partial charge in [-0.15, -0.1) is 0 Å². The standard InChI is InChI=1S/C8H9N3O3/c1-5-9-3-2-6(11-5)8(14)10-4-7(12)13/h2-3H,4H2,1H3,(H,10,14)(H,12,13). The third kappa shape index (κ3) is 2.81. The molecule has 0 unspecified atom stereocenters. The molecule has 0 aliphatic carbocycles. The van der Waals surface area contributed by atoms with E-state index < -0.39 is 18.4 Å². The number of aromatic nitrogens is 2. The van der Waals surface area contributed by atoms with Crippen molar-refractivity contribution in [2.24, 2.45) is 0 Å². The maximum atomic E-state index is 11.2. The molecule has 1 rings (SSSR count). The molecular weight excluding hydrogens is 186 g/mol. The molecule has 0 fully saturated rings. The number of aliphatic carboxylic acids is 1. The van der Waals surface area contributed by atoms with Crippen LogP contribution in [0.3, 0.4) is 0 Å². The van der Waals surface area contributed by atoms with Gasteiger partial charge in [-0.05, 0) is 13.0 Å². The third-order valence-electron chi connectivity index (χ3n) is 1.41. The maximum Gasteiger partial charge on any atom is 0.322 e. The lowest BCUT2D eigenvalue weighted by atomic mass is 10.3. The molecule has 14 heavy (non-hydrogen) atoms. The number of hydrogen-bond acceptors (Lipinski definition) is 4. The molecule has 0 aliphatic rings. The minimum atomic E-state index is -1.09. The highest BCUT2D eigenvalue weighted by Gasteiger charge is 2.08. The number of amides is 1. The van der Waals surface area contributed by atoms with Crippen molar-refractivity contribution in [3.05, 3.63) is 23.8 Å². The molecule has 0 saturated heterocycles. The Labute approximate surface area is 80.0 Å². The first-order valence-corrected chi connectivity index (χ1v) is 3.89. The number of nitrogens with zero attached hydrogens (tertiary/aromatic N) is 2. The van der Waals surface area contributed by atoms with E-state index in [-0.39, 0.29) is 5.69 Å². The zero-order chi connectivity index (χ0) is 10.6. The molecular formula is C8H9N3O3. The largest absolute Gasteiger partial charge is 0.480 e. The molecule has 1 aromatic rings. The summed E-state index contributed by atoms with van der Waals surface area (Å²) in [7, 11) is 0. The molecule has 0 radical (unpaired) electrons. The second-order valence-electron chi connectivity index (χ2n) is 2.57. The lowest BCUT2D eigenvalue weighted by molar-refractivity contribution is -0.135. The Hall–Kier alpha value is -1.98. The van der Waals surface area contributed by atoms with Crippen LogP contribution in [0.5, 0.6) is 0 Å².